The van der Waals surface area contributed by atoms with E-state index in [-0.39, 0.29) is 5.92 Å². The van der Waals surface area contributed by atoms with Crippen LogP contribution in [0.25, 0.3) is 0 Å². The minimum atomic E-state index is -1.23. The fourth-order valence-corrected chi connectivity index (χ4v) is 2.64. The van der Waals surface area contributed by atoms with Crippen LogP contribution in [0.1, 0.15) is 45.4 Å². The molecule has 18 heavy (non-hydrogen) atoms. The summed E-state index contributed by atoms with van der Waals surface area (Å²) in [5, 5.41) is 17.9. The third kappa shape index (κ3) is 4.17. The monoisotopic (exact) mass is 254 g/mol. The molecule has 0 amide bonds. The lowest BCUT2D eigenvalue weighted by Crippen LogP contribution is -2.33. The Balaban J connectivity index is 2.47. The normalized spacial score (nSPS) is 24.6. The zero-order chi connectivity index (χ0) is 13.5. The van der Waals surface area contributed by atoms with Crippen LogP contribution in [0.2, 0.25) is 0 Å². The summed E-state index contributed by atoms with van der Waals surface area (Å²) < 4.78 is 0. The molecule has 0 saturated heterocycles. The van der Waals surface area contributed by atoms with Crippen LogP contribution in [-0.4, -0.2) is 22.2 Å². The Kier molecular flexibility index (Phi) is 5.89. The molecular formula is C14H22O4. The topological polar surface area (TPSA) is 74.6 Å². The average molecular weight is 254 g/mol. The summed E-state index contributed by atoms with van der Waals surface area (Å²) >= 11 is 0. The van der Waals surface area contributed by atoms with Crippen LogP contribution in [0, 0.1) is 17.8 Å². The van der Waals surface area contributed by atoms with E-state index >= 15 is 0 Å². The fraction of sp³-hybridized carbons (Fsp3) is 0.714. The van der Waals surface area contributed by atoms with Gasteiger partial charge in [0, 0.05) is 0 Å². The number of carbonyl (C=O) groups is 2. The van der Waals surface area contributed by atoms with E-state index in [2.05, 4.69) is 19.1 Å². The third-order valence-electron chi connectivity index (χ3n) is 3.68. The second-order valence-electron chi connectivity index (χ2n) is 5.05. The number of hydrogen-bond donors (Lipinski definition) is 2. The van der Waals surface area contributed by atoms with Crippen molar-refractivity contribution in [3.8, 4) is 0 Å². The van der Waals surface area contributed by atoms with Crippen molar-refractivity contribution in [2.24, 2.45) is 17.8 Å². The van der Waals surface area contributed by atoms with Crippen LogP contribution in [0.4, 0.5) is 0 Å². The van der Waals surface area contributed by atoms with E-state index in [0.29, 0.717) is 18.8 Å². The van der Waals surface area contributed by atoms with E-state index in [1.165, 1.54) is 0 Å². The molecular weight excluding hydrogens is 232 g/mol. The lowest BCUT2D eigenvalue weighted by molar-refractivity contribution is -0.158. The molecule has 0 bridgehead atoms. The van der Waals surface area contributed by atoms with Gasteiger partial charge in [0.1, 0.15) is 0 Å². The molecule has 0 aliphatic heterocycles. The first kappa shape index (κ1) is 14.7. The maximum Gasteiger partial charge on any atom is 0.318 e. The second kappa shape index (κ2) is 7.19. The standard InChI is InChI=1S/C14H22O4/c1-2-3-4-5-10-6-8-11(9-7-10)12(13(15)16)14(17)18/h4-5,10-12H,2-3,6-9H2,1H3,(H,15,16)(H,17,18)/b5-4+. The summed E-state index contributed by atoms with van der Waals surface area (Å²) in [7, 11) is 0. The second-order valence-corrected chi connectivity index (χ2v) is 5.05. The molecule has 0 heterocycles. The fourth-order valence-electron chi connectivity index (χ4n) is 2.64. The van der Waals surface area contributed by atoms with Gasteiger partial charge in [0.15, 0.2) is 5.92 Å². The molecule has 0 spiro atoms. The van der Waals surface area contributed by atoms with Gasteiger partial charge in [-0.15, -0.1) is 0 Å². The van der Waals surface area contributed by atoms with Crippen molar-refractivity contribution in [2.45, 2.75) is 45.4 Å². The molecule has 0 aromatic heterocycles. The number of hydrogen-bond acceptors (Lipinski definition) is 2. The van der Waals surface area contributed by atoms with Crippen LogP contribution in [0.3, 0.4) is 0 Å². The number of unbranched alkanes of at least 4 members (excludes halogenated alkanes) is 1. The van der Waals surface area contributed by atoms with Crippen LogP contribution >= 0.6 is 0 Å². The lowest BCUT2D eigenvalue weighted by Gasteiger charge is -2.28. The smallest absolute Gasteiger partial charge is 0.318 e. The SMILES string of the molecule is CCC/C=C/C1CCC(C(C(=O)O)C(=O)O)CC1. The highest BCUT2D eigenvalue weighted by Crippen LogP contribution is 2.34. The first-order valence-electron chi connectivity index (χ1n) is 6.68. The van der Waals surface area contributed by atoms with Gasteiger partial charge in [-0.25, -0.2) is 0 Å². The van der Waals surface area contributed by atoms with Gasteiger partial charge >= 0.3 is 11.9 Å². The van der Waals surface area contributed by atoms with Crippen molar-refractivity contribution < 1.29 is 19.8 Å². The van der Waals surface area contributed by atoms with Gasteiger partial charge in [0.25, 0.3) is 0 Å². The van der Waals surface area contributed by atoms with Crippen molar-refractivity contribution in [1.29, 1.82) is 0 Å². The van der Waals surface area contributed by atoms with Crippen LogP contribution in [-0.2, 0) is 9.59 Å². The zero-order valence-corrected chi connectivity index (χ0v) is 10.8. The molecule has 1 saturated carbocycles. The van der Waals surface area contributed by atoms with Gasteiger partial charge in [-0.1, -0.05) is 25.5 Å². The molecule has 0 aromatic rings. The molecule has 1 fully saturated rings. The summed E-state index contributed by atoms with van der Waals surface area (Å²) in [6, 6.07) is 0. The highest BCUT2D eigenvalue weighted by Gasteiger charge is 2.36. The summed E-state index contributed by atoms with van der Waals surface area (Å²) in [6.45, 7) is 2.13. The summed E-state index contributed by atoms with van der Waals surface area (Å²) in [5.41, 5.74) is 0. The summed E-state index contributed by atoms with van der Waals surface area (Å²) in [5.74, 6) is -3.35. The van der Waals surface area contributed by atoms with Crippen LogP contribution < -0.4 is 0 Å². The minimum Gasteiger partial charge on any atom is -0.481 e. The van der Waals surface area contributed by atoms with E-state index in [0.717, 1.165) is 25.7 Å². The molecule has 0 atom stereocenters. The molecule has 4 heteroatoms. The zero-order valence-electron chi connectivity index (χ0n) is 10.8. The molecule has 0 radical (unpaired) electrons. The lowest BCUT2D eigenvalue weighted by atomic mass is 9.75. The van der Waals surface area contributed by atoms with Crippen molar-refractivity contribution >= 4 is 11.9 Å². The Morgan fingerprint density at radius 2 is 1.72 bits per heavy atom. The quantitative estimate of drug-likeness (QED) is 0.564. The van der Waals surface area contributed by atoms with E-state index in [4.69, 9.17) is 10.2 Å². The number of aliphatic carboxylic acids is 2. The van der Waals surface area contributed by atoms with Crippen LogP contribution in [0.15, 0.2) is 12.2 Å². The predicted octanol–water partition coefficient (Wildman–Crippen LogP) is 2.93. The van der Waals surface area contributed by atoms with Gasteiger partial charge in [-0.3, -0.25) is 9.59 Å². The third-order valence-corrected chi connectivity index (χ3v) is 3.68. The van der Waals surface area contributed by atoms with Gasteiger partial charge in [0.2, 0.25) is 0 Å². The van der Waals surface area contributed by atoms with E-state index in [1.54, 1.807) is 0 Å². The molecule has 4 nitrogen and oxygen atoms in total. The van der Waals surface area contributed by atoms with Gasteiger partial charge < -0.3 is 10.2 Å². The maximum absolute atomic E-state index is 10.9. The Morgan fingerprint density at radius 1 is 1.17 bits per heavy atom. The average Bonchev–Trinajstić information content (AvgIpc) is 2.30. The van der Waals surface area contributed by atoms with E-state index in [1.807, 2.05) is 0 Å². The highest BCUT2D eigenvalue weighted by molar-refractivity contribution is 5.93. The Labute approximate surface area is 108 Å². The van der Waals surface area contributed by atoms with Crippen LogP contribution in [0.5, 0.6) is 0 Å². The summed E-state index contributed by atoms with van der Waals surface area (Å²) in [6.07, 6.45) is 9.80. The first-order chi connectivity index (χ1) is 8.56. The molecule has 2 N–H and O–H groups in total. The maximum atomic E-state index is 10.9. The van der Waals surface area contributed by atoms with Crippen molar-refractivity contribution in [3.05, 3.63) is 12.2 Å². The van der Waals surface area contributed by atoms with Gasteiger partial charge in [-0.05, 0) is 43.9 Å². The van der Waals surface area contributed by atoms with Crippen molar-refractivity contribution in [3.63, 3.8) is 0 Å². The Morgan fingerprint density at radius 3 is 2.17 bits per heavy atom. The van der Waals surface area contributed by atoms with E-state index < -0.39 is 17.9 Å². The van der Waals surface area contributed by atoms with Crippen molar-refractivity contribution in [2.75, 3.05) is 0 Å². The predicted molar refractivity (Wildman–Crippen MR) is 68.3 cm³/mol. The van der Waals surface area contributed by atoms with E-state index in [9.17, 15) is 9.59 Å². The number of carboxylic acid groups (broad SMARTS) is 2. The number of allylic oxidation sites excluding steroid dienone is 2. The Hall–Kier alpha value is -1.32. The molecule has 1 aliphatic rings. The van der Waals surface area contributed by atoms with Crippen molar-refractivity contribution in [1.82, 2.24) is 0 Å². The molecule has 102 valence electrons. The summed E-state index contributed by atoms with van der Waals surface area (Å²) in [4.78, 5) is 21.9. The Bertz CT molecular complexity index is 300. The molecule has 1 rings (SSSR count). The van der Waals surface area contributed by atoms with Gasteiger partial charge in [-0.2, -0.15) is 0 Å². The molecule has 0 unspecified atom stereocenters. The highest BCUT2D eigenvalue weighted by atomic mass is 16.4. The molecule has 0 aromatic carbocycles. The number of carboxylic acids is 2. The minimum absolute atomic E-state index is 0.212. The largest absolute Gasteiger partial charge is 0.481 e. The van der Waals surface area contributed by atoms with Gasteiger partial charge in [0.05, 0.1) is 0 Å². The number of rotatable bonds is 6. The first-order valence-corrected chi connectivity index (χ1v) is 6.68. The molecule has 1 aliphatic carbocycles.